The van der Waals surface area contributed by atoms with Crippen LogP contribution in [-0.2, 0) is 60.9 Å². The number of aryl methyl sites for hydroxylation is 17. The summed E-state index contributed by atoms with van der Waals surface area (Å²) in [5, 5.41) is 9.04. The summed E-state index contributed by atoms with van der Waals surface area (Å²) in [6, 6.07) is 57.8. The lowest BCUT2D eigenvalue weighted by Crippen LogP contribution is -2.31. The Bertz CT molecular complexity index is 8880. The zero-order chi connectivity index (χ0) is 111. The Morgan fingerprint density at radius 2 is 0.641 bits per heavy atom. The molecule has 2 aliphatic carbocycles. The number of nitrogens with zero attached hydrogens (tertiary/aromatic N) is 10. The van der Waals surface area contributed by atoms with Gasteiger partial charge in [0.15, 0.2) is 58.9 Å². The van der Waals surface area contributed by atoms with Gasteiger partial charge in [-0.3, -0.25) is 0 Å². The second-order valence-corrected chi connectivity index (χ2v) is 34.9. The molecule has 5 aromatic carbocycles. The summed E-state index contributed by atoms with van der Waals surface area (Å²) in [5.41, 5.74) is 24.6. The molecule has 0 amide bonds. The summed E-state index contributed by atoms with van der Waals surface area (Å²) in [5.74, 6) is -3.57. The fourth-order valence-electron chi connectivity index (χ4n) is 18.3. The van der Waals surface area contributed by atoms with Crippen molar-refractivity contribution >= 4 is 110 Å². The van der Waals surface area contributed by atoms with Crippen LogP contribution >= 0.6 is 0 Å². The summed E-state index contributed by atoms with van der Waals surface area (Å²) < 4.78 is 225. The van der Waals surface area contributed by atoms with Crippen molar-refractivity contribution in [3.8, 4) is 56.3 Å². The zero-order valence-corrected chi connectivity index (χ0v) is 76.8. The number of fused-ring (bicyclic) bond motifs is 15. The molecule has 0 saturated heterocycles. The average Bonchev–Trinajstić information content (AvgIpc) is 0.785. The van der Waals surface area contributed by atoms with Crippen LogP contribution in [0.3, 0.4) is 0 Å². The molecule has 0 aliphatic heterocycles. The summed E-state index contributed by atoms with van der Waals surface area (Å²) in [4.78, 5) is 22.9. The van der Waals surface area contributed by atoms with Crippen molar-refractivity contribution in [3.05, 3.63) is 297 Å². The summed E-state index contributed by atoms with van der Waals surface area (Å²) in [6.45, 7) is 7.72. The summed E-state index contributed by atoms with van der Waals surface area (Å²) in [7, 11) is 9.56. The molecule has 0 bridgehead atoms. The Kier molecular flexibility index (Phi) is 17.9. The molecule has 1 atom stereocenters. The Labute approximate surface area is 800 Å². The molecule has 15 nitrogen and oxygen atoms in total. The standard InChI is InChI=1S/C25H27N2O.C24H25N2O.C24H27N2O.C22H23N2O.C21H21N2O/c1-16-9-14-22(27(3)15-16)23-17(2)10-11-19-20-12-13-21(18-7-5-4-6-8-18)26-25(20)28-24(19)23;1-15-8-13-21(26(3)14-15)22-16(2)9-10-18-19-11-12-20(17-6-4-5-7-17)25-24(19)27-23(18)22;1-15-7-12-20(26(6)14-15)21-16(2)8-10-18-19-11-9-17(13-24(3,4)5)25-23(19)27-22(18)21;1-5-15-8-12-19(24(4)13-15)20-14(3)7-10-17-18-11-9-16(6-2)23-22(18)25-21(17)20;1-5-15-8-11-18(23(4)12-15)19-13(2)6-9-16-17-10-7-14(3)22-21(17)24-20(16)19/h9-15,18H,4-8H2,1-3H3;8-14,17H,4-7H2,1-3H3;7-12,14H,13H2,1-6H3;7-13H,5-6H2,1-4H3;6-12H,5H2,1-4H3/q5*+1/i1D3,7D2,8D2,18D;1D3,6D2,17D;1D3,3D3,4D3;;. The Balaban J connectivity index is 0.000000126. The largest absolute Gasteiger partial charge is 0.437 e. The van der Waals surface area contributed by atoms with E-state index in [1.807, 2.05) is 83.3 Å². The van der Waals surface area contributed by atoms with Crippen molar-refractivity contribution in [3.63, 3.8) is 0 Å². The minimum Gasteiger partial charge on any atom is -0.437 e. The second kappa shape index (κ2) is 36.5. The number of furan rings is 5. The van der Waals surface area contributed by atoms with Crippen LogP contribution in [0.5, 0.6) is 0 Å². The highest BCUT2D eigenvalue weighted by Gasteiger charge is 2.30. The molecule has 0 radical (unpaired) electrons. The van der Waals surface area contributed by atoms with E-state index in [-0.39, 0.29) is 53.1 Å². The predicted molar refractivity (Wildman–Crippen MR) is 532 cm³/mol. The van der Waals surface area contributed by atoms with Gasteiger partial charge in [-0.25, -0.2) is 47.8 Å². The molecule has 0 spiro atoms. The van der Waals surface area contributed by atoms with Gasteiger partial charge in [0, 0.05) is 184 Å². The van der Waals surface area contributed by atoms with Crippen LogP contribution in [0.25, 0.3) is 167 Å². The fraction of sp³-hybridized carbons (Fsp3) is 0.310. The minimum atomic E-state index is -2.72. The first-order valence-corrected chi connectivity index (χ1v) is 44.8. The third kappa shape index (κ3) is 17.5. The normalized spacial score (nSPS) is 18.7. The highest BCUT2D eigenvalue weighted by molar-refractivity contribution is 6.13. The maximum absolute atomic E-state index is 8.98. The minimum absolute atomic E-state index is 0.00890. The van der Waals surface area contributed by atoms with Crippen molar-refractivity contribution in [1.29, 1.82) is 0 Å². The smallest absolute Gasteiger partial charge is 0.227 e. The van der Waals surface area contributed by atoms with Gasteiger partial charge < -0.3 is 22.1 Å². The van der Waals surface area contributed by atoms with E-state index in [9.17, 15) is 0 Å². The molecule has 0 N–H and O–H groups in total. The molecule has 662 valence electrons. The van der Waals surface area contributed by atoms with Gasteiger partial charge in [0.25, 0.3) is 0 Å². The monoisotopic (exact) mass is 1760 g/mol. The van der Waals surface area contributed by atoms with Gasteiger partial charge in [-0.05, 0) is 238 Å². The summed E-state index contributed by atoms with van der Waals surface area (Å²) >= 11 is 0. The Hall–Kier alpha value is -13.4. The quantitative estimate of drug-likeness (QED) is 0.115. The molecule has 2 saturated carbocycles. The fourth-order valence-corrected chi connectivity index (χ4v) is 18.3. The van der Waals surface area contributed by atoms with E-state index in [0.717, 1.165) is 164 Å². The van der Waals surface area contributed by atoms with Gasteiger partial charge in [-0.15, -0.1) is 0 Å². The van der Waals surface area contributed by atoms with Gasteiger partial charge in [0.2, 0.25) is 57.0 Å². The lowest BCUT2D eigenvalue weighted by molar-refractivity contribution is -0.660. The van der Waals surface area contributed by atoms with Gasteiger partial charge in [-0.2, -0.15) is 0 Å². The molecule has 131 heavy (non-hydrogen) atoms. The second-order valence-electron chi connectivity index (χ2n) is 34.9. The van der Waals surface area contributed by atoms with Crippen molar-refractivity contribution in [1.82, 2.24) is 24.9 Å². The van der Waals surface area contributed by atoms with Gasteiger partial charge in [0.05, 0.1) is 27.8 Å². The van der Waals surface area contributed by atoms with Crippen LogP contribution in [-0.4, -0.2) is 24.9 Å². The number of pyridine rings is 10. The molecular weight excluding hydrogens is 1610 g/mol. The number of aromatic nitrogens is 10. The van der Waals surface area contributed by atoms with Crippen molar-refractivity contribution in [2.75, 3.05) is 0 Å². The molecule has 1 unspecified atom stereocenters. The van der Waals surface area contributed by atoms with Gasteiger partial charge in [-0.1, -0.05) is 134 Å². The highest BCUT2D eigenvalue weighted by atomic mass is 16.4. The van der Waals surface area contributed by atoms with Crippen LogP contribution < -0.4 is 22.8 Å². The first kappa shape index (κ1) is 64.4. The average molecular weight is 1760 g/mol. The van der Waals surface area contributed by atoms with E-state index in [0.29, 0.717) is 76.0 Å². The molecule has 22 rings (SSSR count). The number of benzene rings is 5. The van der Waals surface area contributed by atoms with Crippen LogP contribution in [0, 0.1) is 67.5 Å². The van der Waals surface area contributed by atoms with Gasteiger partial charge in [0.1, 0.15) is 35.2 Å². The lowest BCUT2D eigenvalue weighted by Gasteiger charge is -2.20. The van der Waals surface area contributed by atoms with Crippen molar-refractivity contribution in [2.24, 2.45) is 40.7 Å². The van der Waals surface area contributed by atoms with Crippen molar-refractivity contribution < 1.29 is 76.4 Å². The molecule has 15 heteroatoms. The van der Waals surface area contributed by atoms with E-state index in [2.05, 4.69) is 162 Å². The maximum Gasteiger partial charge on any atom is 0.227 e. The molecule has 2 aliphatic rings. The SMILES string of the molecule is CCc1ccc(-c2c(C)ccc3c2oc2nc(C)ccc23)[n+](C)c1.CCc1ccc(-c2c(C)ccc3c2oc2nc(CC)ccc23)[n+](C)c1.[2H]C([2H])([2H])c1ccc(-c2c(C)ccc3c2oc2nc(C4([2H])C([2H])([2H])CCCC4([2H])[2H])ccc23)[n+](C)c1.[2H]C([2H])([2H])c1ccc(-c2c(C)ccc3c2oc2nc(C4([2H])CCCC4([2H])[2H])ccc23)[n+](C)c1.[2H]C([2H])([2H])c1ccc(-c2c(C)ccc3c2oc2nc(CC(C)(C([2H])([2H])[2H])C([2H])([2H])[2H])ccc23)[n+](C)c1. The Morgan fingerprint density at radius 3 is 0.985 bits per heavy atom. The maximum atomic E-state index is 8.98. The van der Waals surface area contributed by atoms with E-state index in [1.165, 1.54) is 35.2 Å². The van der Waals surface area contributed by atoms with Gasteiger partial charge >= 0.3 is 0 Å². The third-order valence-electron chi connectivity index (χ3n) is 25.1. The first-order chi connectivity index (χ1) is 72.2. The summed E-state index contributed by atoms with van der Waals surface area (Å²) in [6.07, 6.45) is 8.00. The molecule has 20 aromatic rings. The highest BCUT2D eigenvalue weighted by Crippen LogP contribution is 2.45. The zero-order valence-electron chi connectivity index (χ0n) is 99.8. The van der Waals surface area contributed by atoms with Crippen LogP contribution in [0.15, 0.2) is 235 Å². The Morgan fingerprint density at radius 1 is 0.328 bits per heavy atom. The number of hydrogen-bond donors (Lipinski definition) is 0. The third-order valence-corrected chi connectivity index (χ3v) is 25.1. The number of rotatable bonds is 11. The van der Waals surface area contributed by atoms with E-state index in [4.69, 9.17) is 53.6 Å². The van der Waals surface area contributed by atoms with E-state index in [1.54, 1.807) is 107 Å². The van der Waals surface area contributed by atoms with Crippen LogP contribution in [0.1, 0.15) is 226 Å². The lowest BCUT2D eigenvalue weighted by atomic mass is 9.86. The number of hydrogen-bond acceptors (Lipinski definition) is 10. The van der Waals surface area contributed by atoms with Crippen molar-refractivity contribution in [2.45, 2.75) is 199 Å². The molecular formula is C116H123N10O5+5. The molecule has 15 heterocycles. The molecule has 15 aromatic heterocycles. The van der Waals surface area contributed by atoms with E-state index < -0.39 is 70.6 Å². The predicted octanol–water partition coefficient (Wildman–Crippen LogP) is 27.1. The molecule has 2 fully saturated rings. The van der Waals surface area contributed by atoms with E-state index >= 15 is 0 Å². The topological polar surface area (TPSA) is 150 Å². The van der Waals surface area contributed by atoms with Crippen LogP contribution in [0.2, 0.25) is 0 Å². The first-order valence-electron chi connectivity index (χ1n) is 56.3. The van der Waals surface area contributed by atoms with Crippen LogP contribution in [0.4, 0.5) is 0 Å².